The van der Waals surface area contributed by atoms with E-state index in [-0.39, 0.29) is 24.9 Å². The molecule has 150 valence electrons. The molecule has 1 heterocycles. The zero-order valence-electron chi connectivity index (χ0n) is 15.7. The van der Waals surface area contributed by atoms with Crippen LogP contribution < -0.4 is 10.1 Å². The summed E-state index contributed by atoms with van der Waals surface area (Å²) in [6, 6.07) is 9.58. The third kappa shape index (κ3) is 4.84. The number of likely N-dealkylation sites (tertiary alicyclic amines) is 1. The molecule has 2 aromatic rings. The molecule has 28 heavy (non-hydrogen) atoms. The van der Waals surface area contributed by atoms with Gasteiger partial charge in [0.2, 0.25) is 5.91 Å². The molecule has 0 unspecified atom stereocenters. The number of hydrogen-bond acceptors (Lipinski definition) is 3. The normalized spacial score (nSPS) is 14.9. The quantitative estimate of drug-likeness (QED) is 0.766. The number of halogens is 3. The van der Waals surface area contributed by atoms with Crippen LogP contribution in [0.3, 0.4) is 0 Å². The predicted molar refractivity (Wildman–Crippen MR) is 99.5 cm³/mol. The lowest BCUT2D eigenvalue weighted by atomic mass is 10.0. The number of ether oxygens (including phenoxy) is 1. The molecule has 1 aliphatic rings. The summed E-state index contributed by atoms with van der Waals surface area (Å²) in [6.45, 7) is 1.46. The Kier molecular flexibility index (Phi) is 6.57. The number of benzene rings is 2. The van der Waals surface area contributed by atoms with Crippen LogP contribution in [0.25, 0.3) is 0 Å². The Morgan fingerprint density at radius 1 is 1.14 bits per heavy atom. The van der Waals surface area contributed by atoms with Gasteiger partial charge in [-0.15, -0.1) is 0 Å². The van der Waals surface area contributed by atoms with Crippen molar-refractivity contribution in [1.29, 1.82) is 0 Å². The molecule has 3 rings (SSSR count). The Labute approximate surface area is 162 Å². The maximum atomic E-state index is 13.3. The highest BCUT2D eigenvalue weighted by molar-refractivity contribution is 5.79. The number of carbonyl (C=O) groups excluding carboxylic acids is 1. The van der Waals surface area contributed by atoms with Gasteiger partial charge < -0.3 is 15.0 Å². The van der Waals surface area contributed by atoms with Crippen LogP contribution >= 0.6 is 0 Å². The van der Waals surface area contributed by atoms with Gasteiger partial charge in [-0.05, 0) is 36.6 Å². The van der Waals surface area contributed by atoms with Gasteiger partial charge in [-0.3, -0.25) is 4.79 Å². The van der Waals surface area contributed by atoms with Crippen molar-refractivity contribution in [3.8, 4) is 5.75 Å². The van der Waals surface area contributed by atoms with Gasteiger partial charge in [-0.25, -0.2) is 13.2 Å². The first-order valence-electron chi connectivity index (χ1n) is 9.24. The number of hydrogen-bond donors (Lipinski definition) is 1. The van der Waals surface area contributed by atoms with Gasteiger partial charge in [0.15, 0.2) is 17.5 Å². The Morgan fingerprint density at radius 2 is 1.79 bits per heavy atom. The van der Waals surface area contributed by atoms with Crippen LogP contribution in [0, 0.1) is 17.5 Å². The molecule has 1 amide bonds. The van der Waals surface area contributed by atoms with E-state index in [1.54, 1.807) is 7.11 Å². The molecule has 2 aromatic carbocycles. The fourth-order valence-electron chi connectivity index (χ4n) is 3.43. The lowest BCUT2D eigenvalue weighted by Gasteiger charge is -2.32. The number of methoxy groups -OCH3 is 1. The predicted octanol–water partition coefficient (Wildman–Crippen LogP) is 3.44. The van der Waals surface area contributed by atoms with Crippen LogP contribution in [0.1, 0.15) is 24.0 Å². The van der Waals surface area contributed by atoms with Crippen molar-refractivity contribution >= 4 is 5.91 Å². The molecule has 1 fully saturated rings. The maximum absolute atomic E-state index is 13.3. The molecular formula is C21H23F3N2O2. The van der Waals surface area contributed by atoms with E-state index in [4.69, 9.17) is 4.74 Å². The fraction of sp³-hybridized carbons (Fsp3) is 0.381. The van der Waals surface area contributed by atoms with E-state index in [1.807, 2.05) is 29.2 Å². The highest BCUT2D eigenvalue weighted by atomic mass is 19.2. The van der Waals surface area contributed by atoms with Crippen molar-refractivity contribution < 1.29 is 22.7 Å². The maximum Gasteiger partial charge on any atom is 0.227 e. The molecule has 1 saturated heterocycles. The van der Waals surface area contributed by atoms with Crippen molar-refractivity contribution in [1.82, 2.24) is 10.2 Å². The fourth-order valence-corrected chi connectivity index (χ4v) is 3.43. The summed E-state index contributed by atoms with van der Waals surface area (Å²) in [6.07, 6.45) is 1.77. The first-order chi connectivity index (χ1) is 13.5. The summed E-state index contributed by atoms with van der Waals surface area (Å²) < 4.78 is 44.9. The molecule has 0 atom stereocenters. The van der Waals surface area contributed by atoms with E-state index in [9.17, 15) is 18.0 Å². The summed E-state index contributed by atoms with van der Waals surface area (Å²) in [5, 5.41) is 3.23. The molecule has 0 bridgehead atoms. The Bertz CT molecular complexity index is 813. The van der Waals surface area contributed by atoms with E-state index < -0.39 is 17.5 Å². The van der Waals surface area contributed by atoms with Crippen LogP contribution in [-0.4, -0.2) is 37.0 Å². The molecule has 0 spiro atoms. The highest BCUT2D eigenvalue weighted by Gasteiger charge is 2.23. The Morgan fingerprint density at radius 3 is 2.43 bits per heavy atom. The van der Waals surface area contributed by atoms with Crippen molar-refractivity contribution in [3.05, 3.63) is 65.0 Å². The van der Waals surface area contributed by atoms with Crippen LogP contribution in [0.15, 0.2) is 36.4 Å². The summed E-state index contributed by atoms with van der Waals surface area (Å²) >= 11 is 0. The van der Waals surface area contributed by atoms with Crippen molar-refractivity contribution in [2.75, 3.05) is 20.2 Å². The van der Waals surface area contributed by atoms with Gasteiger partial charge in [0, 0.05) is 31.2 Å². The second kappa shape index (κ2) is 9.10. The number of para-hydroxylation sites is 1. The molecule has 0 aromatic heterocycles. The largest absolute Gasteiger partial charge is 0.496 e. The summed E-state index contributed by atoms with van der Waals surface area (Å²) in [5.41, 5.74) is 1.21. The van der Waals surface area contributed by atoms with Crippen LogP contribution in [-0.2, 0) is 17.8 Å². The van der Waals surface area contributed by atoms with Gasteiger partial charge in [0.05, 0.1) is 13.5 Å². The number of nitrogens with one attached hydrogen (secondary N) is 1. The zero-order valence-corrected chi connectivity index (χ0v) is 15.7. The average Bonchev–Trinajstić information content (AvgIpc) is 2.71. The molecule has 7 heteroatoms. The number of carbonyl (C=O) groups is 1. The van der Waals surface area contributed by atoms with Gasteiger partial charge in [-0.1, -0.05) is 18.2 Å². The number of piperidine rings is 1. The van der Waals surface area contributed by atoms with E-state index >= 15 is 0 Å². The summed E-state index contributed by atoms with van der Waals surface area (Å²) in [5.74, 6) is -3.08. The molecule has 4 nitrogen and oxygen atoms in total. The first-order valence-corrected chi connectivity index (χ1v) is 9.24. The molecule has 0 saturated carbocycles. The molecule has 1 aliphatic heterocycles. The Balaban J connectivity index is 1.48. The zero-order chi connectivity index (χ0) is 20.1. The number of nitrogens with zero attached hydrogens (tertiary/aromatic N) is 1. The van der Waals surface area contributed by atoms with Crippen LogP contribution in [0.2, 0.25) is 0 Å². The van der Waals surface area contributed by atoms with E-state index in [1.165, 1.54) is 0 Å². The lowest BCUT2D eigenvalue weighted by molar-refractivity contribution is -0.131. The minimum Gasteiger partial charge on any atom is -0.496 e. The van der Waals surface area contributed by atoms with Gasteiger partial charge in [0.1, 0.15) is 5.75 Å². The van der Waals surface area contributed by atoms with E-state index in [0.717, 1.165) is 30.5 Å². The molecular weight excluding hydrogens is 369 g/mol. The van der Waals surface area contributed by atoms with Crippen LogP contribution in [0.5, 0.6) is 5.75 Å². The summed E-state index contributed by atoms with van der Waals surface area (Å²) in [7, 11) is 1.58. The SMILES string of the molecule is COc1ccccc1CC(=O)N1CCC(NCc2cc(F)c(F)c(F)c2)CC1. The molecule has 1 N–H and O–H groups in total. The Hall–Kier alpha value is -2.54. The first kappa shape index (κ1) is 20.2. The topological polar surface area (TPSA) is 41.6 Å². The third-order valence-corrected chi connectivity index (χ3v) is 5.02. The molecule has 0 radical (unpaired) electrons. The minimum absolute atomic E-state index is 0.0469. The summed E-state index contributed by atoms with van der Waals surface area (Å²) in [4.78, 5) is 14.4. The number of amides is 1. The number of rotatable bonds is 6. The van der Waals surface area contributed by atoms with E-state index in [2.05, 4.69) is 5.32 Å². The van der Waals surface area contributed by atoms with Gasteiger partial charge >= 0.3 is 0 Å². The smallest absolute Gasteiger partial charge is 0.227 e. The monoisotopic (exact) mass is 392 g/mol. The third-order valence-electron chi connectivity index (χ3n) is 5.02. The van der Waals surface area contributed by atoms with Crippen molar-refractivity contribution in [2.45, 2.75) is 31.8 Å². The van der Waals surface area contributed by atoms with E-state index in [0.29, 0.717) is 24.4 Å². The average molecular weight is 392 g/mol. The highest BCUT2D eigenvalue weighted by Crippen LogP contribution is 2.20. The van der Waals surface area contributed by atoms with Gasteiger partial charge in [-0.2, -0.15) is 0 Å². The van der Waals surface area contributed by atoms with Crippen LogP contribution in [0.4, 0.5) is 13.2 Å². The lowest BCUT2D eigenvalue weighted by Crippen LogP contribution is -2.45. The van der Waals surface area contributed by atoms with Gasteiger partial charge in [0.25, 0.3) is 0 Å². The standard InChI is InChI=1S/C21H23F3N2O2/c1-28-19-5-3-2-4-15(19)12-20(27)26-8-6-16(7-9-26)25-13-14-10-17(22)21(24)18(23)11-14/h2-5,10-11,16,25H,6-9,12-13H2,1H3. The molecule has 0 aliphatic carbocycles. The van der Waals surface area contributed by atoms with Crippen molar-refractivity contribution in [3.63, 3.8) is 0 Å². The second-order valence-electron chi connectivity index (χ2n) is 6.90. The van der Waals surface area contributed by atoms with Crippen molar-refractivity contribution in [2.24, 2.45) is 0 Å². The minimum atomic E-state index is -1.45. The second-order valence-corrected chi connectivity index (χ2v) is 6.90.